The van der Waals surface area contributed by atoms with Crippen molar-refractivity contribution in [3.05, 3.63) is 84.4 Å². The number of thioether (sulfide) groups is 1. The van der Waals surface area contributed by atoms with Crippen molar-refractivity contribution in [1.29, 1.82) is 0 Å². The average molecular weight is 444 g/mol. The minimum Gasteiger partial charge on any atom is -0.744 e. The first-order chi connectivity index (χ1) is 13.9. The van der Waals surface area contributed by atoms with E-state index in [0.29, 0.717) is 0 Å². The molecule has 0 N–H and O–H groups in total. The van der Waals surface area contributed by atoms with Crippen molar-refractivity contribution in [2.75, 3.05) is 5.75 Å². The largest absolute Gasteiger partial charge is 0.744 e. The standard InChI is InChI=1S/C15H14NS2.C7H8O3S/c1-2-17-15-16(12-8-4-3-5-9-12)13-10-6-7-11-14(13)18-15;1-6-2-4-7(5-3-6)11(8,9)10/h3-11H,2H2,1H3;2-5H,1H3,(H,8,9,10)/q+1;/p-1. The summed E-state index contributed by atoms with van der Waals surface area (Å²) in [5.41, 5.74) is 3.47. The van der Waals surface area contributed by atoms with Gasteiger partial charge < -0.3 is 4.55 Å². The summed E-state index contributed by atoms with van der Waals surface area (Å²) in [5, 5.41) is 0. The predicted octanol–water partition coefficient (Wildman–Crippen LogP) is 5.19. The highest BCUT2D eigenvalue weighted by Gasteiger charge is 2.22. The number of para-hydroxylation sites is 2. The van der Waals surface area contributed by atoms with Gasteiger partial charge in [0.15, 0.2) is 0 Å². The fraction of sp³-hybridized carbons (Fsp3) is 0.136. The minimum absolute atomic E-state index is 0.178. The molecule has 1 heterocycles. The Kier molecular flexibility index (Phi) is 7.08. The van der Waals surface area contributed by atoms with Crippen LogP contribution < -0.4 is 4.57 Å². The van der Waals surface area contributed by atoms with Gasteiger partial charge in [0.25, 0.3) is 0 Å². The molecule has 7 heteroatoms. The van der Waals surface area contributed by atoms with Crippen LogP contribution in [0.3, 0.4) is 0 Å². The van der Waals surface area contributed by atoms with Gasteiger partial charge in [-0.1, -0.05) is 66.3 Å². The number of rotatable bonds is 4. The van der Waals surface area contributed by atoms with Crippen LogP contribution in [-0.2, 0) is 10.1 Å². The molecule has 4 rings (SSSR count). The summed E-state index contributed by atoms with van der Waals surface area (Å²) in [6.07, 6.45) is 0. The fourth-order valence-corrected chi connectivity index (χ4v) is 5.51. The zero-order chi connectivity index (χ0) is 20.9. The predicted molar refractivity (Wildman–Crippen MR) is 119 cm³/mol. The molecule has 0 saturated heterocycles. The van der Waals surface area contributed by atoms with E-state index in [9.17, 15) is 13.0 Å². The molecule has 0 radical (unpaired) electrons. The first-order valence-electron chi connectivity index (χ1n) is 9.04. The molecule has 0 spiro atoms. The van der Waals surface area contributed by atoms with Gasteiger partial charge in [-0.3, -0.25) is 0 Å². The second kappa shape index (κ2) is 9.54. The Morgan fingerprint density at radius 1 is 0.931 bits per heavy atom. The topological polar surface area (TPSA) is 61.1 Å². The summed E-state index contributed by atoms with van der Waals surface area (Å²) < 4.78 is 36.2. The van der Waals surface area contributed by atoms with Crippen LogP contribution >= 0.6 is 23.1 Å². The first kappa shape index (κ1) is 21.5. The van der Waals surface area contributed by atoms with Crippen LogP contribution in [0.1, 0.15) is 12.5 Å². The van der Waals surface area contributed by atoms with Crippen LogP contribution in [0, 0.1) is 6.92 Å². The third-order valence-electron chi connectivity index (χ3n) is 4.08. The van der Waals surface area contributed by atoms with Crippen LogP contribution in [0.25, 0.3) is 15.9 Å². The van der Waals surface area contributed by atoms with Crippen molar-refractivity contribution in [3.63, 3.8) is 0 Å². The number of fused-ring (bicyclic) bond motifs is 1. The third-order valence-corrected chi connectivity index (χ3v) is 7.17. The van der Waals surface area contributed by atoms with Crippen molar-refractivity contribution < 1.29 is 17.5 Å². The molecule has 29 heavy (non-hydrogen) atoms. The van der Waals surface area contributed by atoms with E-state index in [1.807, 2.05) is 30.0 Å². The zero-order valence-corrected chi connectivity index (χ0v) is 18.6. The lowest BCUT2D eigenvalue weighted by Gasteiger charge is -2.05. The summed E-state index contributed by atoms with van der Waals surface area (Å²) in [5.74, 6) is 1.10. The van der Waals surface area contributed by atoms with Crippen molar-refractivity contribution in [1.82, 2.24) is 0 Å². The SMILES string of the molecule is CCSc1sc2ccccc2[n+]1-c1ccccc1.Cc1ccc(S(=O)(=O)[O-])cc1. The normalized spacial score (nSPS) is 11.1. The zero-order valence-electron chi connectivity index (χ0n) is 16.1. The molecular formula is C22H21NO3S3. The van der Waals surface area contributed by atoms with Crippen LogP contribution in [0.2, 0.25) is 0 Å². The van der Waals surface area contributed by atoms with Crippen LogP contribution in [-0.4, -0.2) is 18.7 Å². The number of aromatic nitrogens is 1. The van der Waals surface area contributed by atoms with Gasteiger partial charge in [0.2, 0.25) is 11.2 Å². The molecule has 0 bridgehead atoms. The monoisotopic (exact) mass is 443 g/mol. The summed E-state index contributed by atoms with van der Waals surface area (Å²) in [4.78, 5) is -0.178. The van der Waals surface area contributed by atoms with E-state index in [2.05, 4.69) is 66.1 Å². The Hall–Kier alpha value is -2.19. The highest BCUT2D eigenvalue weighted by atomic mass is 32.2. The number of thiazole rings is 1. The van der Waals surface area contributed by atoms with E-state index >= 15 is 0 Å². The maximum Gasteiger partial charge on any atom is 0.304 e. The van der Waals surface area contributed by atoms with Crippen molar-refractivity contribution >= 4 is 43.4 Å². The smallest absolute Gasteiger partial charge is 0.304 e. The lowest BCUT2D eigenvalue weighted by atomic mass is 10.2. The molecule has 0 unspecified atom stereocenters. The Labute approximate surface area is 179 Å². The Balaban J connectivity index is 0.000000188. The lowest BCUT2D eigenvalue weighted by Crippen LogP contribution is -2.31. The van der Waals surface area contributed by atoms with Gasteiger partial charge in [-0.25, -0.2) is 8.42 Å². The summed E-state index contributed by atoms with van der Waals surface area (Å²) in [6.45, 7) is 4.02. The van der Waals surface area contributed by atoms with Gasteiger partial charge in [0, 0.05) is 24.0 Å². The van der Waals surface area contributed by atoms with E-state index < -0.39 is 10.1 Å². The molecule has 4 nitrogen and oxygen atoms in total. The number of benzene rings is 3. The third kappa shape index (κ3) is 5.45. The lowest BCUT2D eigenvalue weighted by molar-refractivity contribution is -0.601. The maximum atomic E-state index is 10.4. The van der Waals surface area contributed by atoms with Gasteiger partial charge in [0.1, 0.15) is 14.8 Å². The maximum absolute atomic E-state index is 10.4. The van der Waals surface area contributed by atoms with E-state index in [-0.39, 0.29) is 4.90 Å². The number of nitrogens with zero attached hydrogens (tertiary/aromatic N) is 1. The quantitative estimate of drug-likeness (QED) is 0.247. The van der Waals surface area contributed by atoms with Crippen LogP contribution in [0.15, 0.2) is 88.1 Å². The molecule has 150 valence electrons. The average Bonchev–Trinajstić information content (AvgIpc) is 3.07. The first-order valence-corrected chi connectivity index (χ1v) is 12.3. The van der Waals surface area contributed by atoms with Crippen molar-refractivity contribution in [2.24, 2.45) is 0 Å². The highest BCUT2D eigenvalue weighted by Crippen LogP contribution is 2.29. The second-order valence-corrected chi connectivity index (χ2v) is 10.1. The molecule has 0 atom stereocenters. The molecular weight excluding hydrogens is 422 g/mol. The Morgan fingerprint density at radius 3 is 2.17 bits per heavy atom. The molecule has 1 aromatic heterocycles. The molecule has 0 aliphatic heterocycles. The molecule has 0 amide bonds. The Bertz CT molecular complexity index is 1190. The van der Waals surface area contributed by atoms with Crippen molar-refractivity contribution in [3.8, 4) is 5.69 Å². The molecule has 0 aliphatic rings. The summed E-state index contributed by atoms with van der Waals surface area (Å²) in [7, 11) is -4.27. The van der Waals surface area contributed by atoms with Gasteiger partial charge in [-0.2, -0.15) is 0 Å². The van der Waals surface area contributed by atoms with Crippen molar-refractivity contribution in [2.45, 2.75) is 23.1 Å². The Morgan fingerprint density at radius 2 is 1.55 bits per heavy atom. The van der Waals surface area contributed by atoms with E-state index in [0.717, 1.165) is 11.3 Å². The van der Waals surface area contributed by atoms with Gasteiger partial charge >= 0.3 is 4.34 Å². The highest BCUT2D eigenvalue weighted by molar-refractivity contribution is 8.00. The van der Waals surface area contributed by atoms with Crippen LogP contribution in [0.4, 0.5) is 0 Å². The van der Waals surface area contributed by atoms with Gasteiger partial charge in [-0.05, 0) is 36.9 Å². The summed E-state index contributed by atoms with van der Waals surface area (Å²) >= 11 is 3.77. The van der Waals surface area contributed by atoms with Gasteiger partial charge in [-0.15, -0.1) is 4.57 Å². The minimum atomic E-state index is -4.27. The molecule has 3 aromatic carbocycles. The van der Waals surface area contributed by atoms with E-state index in [1.165, 1.54) is 32.4 Å². The second-order valence-electron chi connectivity index (χ2n) is 6.21. The number of hydrogen-bond donors (Lipinski definition) is 0. The molecule has 0 saturated carbocycles. The van der Waals surface area contributed by atoms with Gasteiger partial charge in [0.05, 0.1) is 4.90 Å². The summed E-state index contributed by atoms with van der Waals surface area (Å²) in [6, 6.07) is 25.0. The molecule has 0 aliphatic carbocycles. The van der Waals surface area contributed by atoms with E-state index in [4.69, 9.17) is 0 Å². The number of aryl methyl sites for hydroxylation is 1. The van der Waals surface area contributed by atoms with Crippen LogP contribution in [0.5, 0.6) is 0 Å². The number of hydrogen-bond acceptors (Lipinski definition) is 5. The fourth-order valence-electron chi connectivity index (χ4n) is 2.71. The molecule has 4 aromatic rings. The molecule has 0 fully saturated rings. The van der Waals surface area contributed by atoms with E-state index in [1.54, 1.807) is 12.1 Å².